The summed E-state index contributed by atoms with van der Waals surface area (Å²) in [5, 5.41) is 13.0. The number of hydrogen-bond donors (Lipinski definition) is 4. The zero-order valence-corrected chi connectivity index (χ0v) is 15.7. The monoisotopic (exact) mass is 406 g/mol. The van der Waals surface area contributed by atoms with Gasteiger partial charge < -0.3 is 21.1 Å². The summed E-state index contributed by atoms with van der Waals surface area (Å²) in [5.74, 6) is 0.275. The van der Waals surface area contributed by atoms with Crippen LogP contribution in [0.4, 0.5) is 23.3 Å². The molecular formula is C17H16Cl2N6O2. The predicted octanol–water partition coefficient (Wildman–Crippen LogP) is 3.69. The highest BCUT2D eigenvalue weighted by Gasteiger charge is 2.12. The standard InChI is InChI=1S/C17H16Cl2N6O2/c1-27-8-14(26)21-10-4-2-9(3-5-10)15-12(18)6-11(7-13(15)19)22-17-23-16(20)24-25-17/h2-7H,8H2,1H3,(H,21,26)(H4,20,22,23,24,25). The first-order chi connectivity index (χ1) is 13.0. The molecule has 0 unspecified atom stereocenters. The summed E-state index contributed by atoms with van der Waals surface area (Å²) in [5.41, 5.74) is 8.25. The molecule has 0 fully saturated rings. The summed E-state index contributed by atoms with van der Waals surface area (Å²) < 4.78 is 4.78. The number of aromatic amines is 1. The first-order valence-corrected chi connectivity index (χ1v) is 8.55. The van der Waals surface area contributed by atoms with Gasteiger partial charge in [0.2, 0.25) is 17.8 Å². The van der Waals surface area contributed by atoms with Crippen LogP contribution in [0, 0.1) is 0 Å². The number of rotatable bonds is 6. The molecule has 27 heavy (non-hydrogen) atoms. The lowest BCUT2D eigenvalue weighted by atomic mass is 10.0. The first kappa shape index (κ1) is 19.0. The van der Waals surface area contributed by atoms with E-state index in [2.05, 4.69) is 25.8 Å². The summed E-state index contributed by atoms with van der Waals surface area (Å²) in [6.07, 6.45) is 0. The Morgan fingerprint density at radius 1 is 1.19 bits per heavy atom. The second-order valence-corrected chi connectivity index (χ2v) is 6.36. The van der Waals surface area contributed by atoms with Crippen LogP contribution >= 0.6 is 23.2 Å². The number of anilines is 4. The van der Waals surface area contributed by atoms with Crippen LogP contribution in [-0.2, 0) is 9.53 Å². The molecule has 2 aromatic carbocycles. The highest BCUT2D eigenvalue weighted by molar-refractivity contribution is 6.39. The lowest BCUT2D eigenvalue weighted by Crippen LogP contribution is -2.16. The quantitative estimate of drug-likeness (QED) is 0.495. The van der Waals surface area contributed by atoms with E-state index in [0.717, 1.165) is 5.56 Å². The van der Waals surface area contributed by atoms with Crippen LogP contribution in [0.15, 0.2) is 36.4 Å². The first-order valence-electron chi connectivity index (χ1n) is 7.79. The number of amides is 1. The van der Waals surface area contributed by atoms with Gasteiger partial charge in [0.25, 0.3) is 0 Å². The largest absolute Gasteiger partial charge is 0.375 e. The maximum absolute atomic E-state index is 11.6. The molecule has 1 amide bonds. The van der Waals surface area contributed by atoms with Crippen molar-refractivity contribution in [1.82, 2.24) is 15.2 Å². The molecule has 3 aromatic rings. The van der Waals surface area contributed by atoms with Gasteiger partial charge in [0, 0.05) is 24.0 Å². The van der Waals surface area contributed by atoms with E-state index in [9.17, 15) is 4.79 Å². The summed E-state index contributed by atoms with van der Waals surface area (Å²) in [6.45, 7) is -0.00955. The van der Waals surface area contributed by atoms with E-state index in [1.165, 1.54) is 7.11 Å². The second-order valence-electron chi connectivity index (χ2n) is 5.54. The molecule has 0 radical (unpaired) electrons. The molecule has 0 bridgehead atoms. The lowest BCUT2D eigenvalue weighted by Gasteiger charge is -2.12. The third kappa shape index (κ3) is 4.68. The zero-order valence-electron chi connectivity index (χ0n) is 14.2. The summed E-state index contributed by atoms with van der Waals surface area (Å²) in [7, 11) is 1.46. The second kappa shape index (κ2) is 8.26. The fourth-order valence-electron chi connectivity index (χ4n) is 2.43. The molecule has 1 heterocycles. The molecule has 0 aliphatic carbocycles. The number of halogens is 2. The molecule has 1 aromatic heterocycles. The molecule has 0 aliphatic rings. The molecular weight excluding hydrogens is 391 g/mol. The Bertz CT molecular complexity index is 935. The van der Waals surface area contributed by atoms with E-state index in [1.807, 2.05) is 12.1 Å². The molecule has 5 N–H and O–H groups in total. The molecule has 0 saturated heterocycles. The highest BCUT2D eigenvalue weighted by atomic mass is 35.5. The number of nitrogen functional groups attached to an aromatic ring is 1. The number of benzene rings is 2. The number of methoxy groups -OCH3 is 1. The van der Waals surface area contributed by atoms with E-state index < -0.39 is 0 Å². The van der Waals surface area contributed by atoms with Gasteiger partial charge in [-0.05, 0) is 29.8 Å². The van der Waals surface area contributed by atoms with Crippen molar-refractivity contribution in [3.63, 3.8) is 0 Å². The van der Waals surface area contributed by atoms with Crippen molar-refractivity contribution in [3.8, 4) is 11.1 Å². The highest BCUT2D eigenvalue weighted by Crippen LogP contribution is 2.38. The minimum absolute atomic E-state index is 0.00955. The van der Waals surface area contributed by atoms with Crippen molar-refractivity contribution in [1.29, 1.82) is 0 Å². The van der Waals surface area contributed by atoms with Crippen LogP contribution in [-0.4, -0.2) is 34.8 Å². The van der Waals surface area contributed by atoms with Crippen molar-refractivity contribution in [2.24, 2.45) is 0 Å². The van der Waals surface area contributed by atoms with Gasteiger partial charge in [0.1, 0.15) is 6.61 Å². The van der Waals surface area contributed by atoms with Crippen LogP contribution in [0.25, 0.3) is 11.1 Å². The van der Waals surface area contributed by atoms with E-state index >= 15 is 0 Å². The number of nitrogens with one attached hydrogen (secondary N) is 3. The molecule has 8 nitrogen and oxygen atoms in total. The number of hydrogen-bond acceptors (Lipinski definition) is 6. The van der Waals surface area contributed by atoms with Gasteiger partial charge >= 0.3 is 0 Å². The molecule has 140 valence electrons. The minimum Gasteiger partial charge on any atom is -0.375 e. The van der Waals surface area contributed by atoms with Gasteiger partial charge in [-0.3, -0.25) is 4.79 Å². The Balaban J connectivity index is 1.81. The number of H-pyrrole nitrogens is 1. The van der Waals surface area contributed by atoms with Crippen molar-refractivity contribution in [2.45, 2.75) is 0 Å². The summed E-state index contributed by atoms with van der Waals surface area (Å²) in [4.78, 5) is 15.5. The van der Waals surface area contributed by atoms with Gasteiger partial charge in [-0.2, -0.15) is 4.98 Å². The molecule has 0 aliphatic heterocycles. The van der Waals surface area contributed by atoms with E-state index in [1.54, 1.807) is 24.3 Å². The van der Waals surface area contributed by atoms with Crippen LogP contribution in [0.2, 0.25) is 10.0 Å². The fraction of sp³-hybridized carbons (Fsp3) is 0.118. The Morgan fingerprint density at radius 3 is 2.41 bits per heavy atom. The third-order valence-corrected chi connectivity index (χ3v) is 4.13. The topological polar surface area (TPSA) is 118 Å². The Morgan fingerprint density at radius 2 is 1.85 bits per heavy atom. The average molecular weight is 407 g/mol. The van der Waals surface area contributed by atoms with Gasteiger partial charge in [-0.15, -0.1) is 5.10 Å². The molecule has 0 spiro atoms. The minimum atomic E-state index is -0.232. The normalized spacial score (nSPS) is 10.6. The Labute approximate surface area is 165 Å². The van der Waals surface area contributed by atoms with Crippen LogP contribution in [0.1, 0.15) is 0 Å². The number of aromatic nitrogens is 3. The number of nitrogens with zero attached hydrogens (tertiary/aromatic N) is 2. The van der Waals surface area contributed by atoms with E-state index in [0.29, 0.717) is 32.9 Å². The van der Waals surface area contributed by atoms with Crippen molar-refractivity contribution in [2.75, 3.05) is 30.1 Å². The fourth-order valence-corrected chi connectivity index (χ4v) is 3.13. The maximum atomic E-state index is 11.6. The van der Waals surface area contributed by atoms with Crippen LogP contribution < -0.4 is 16.4 Å². The van der Waals surface area contributed by atoms with Crippen molar-refractivity contribution < 1.29 is 9.53 Å². The number of carbonyl (C=O) groups is 1. The summed E-state index contributed by atoms with van der Waals surface area (Å²) in [6, 6.07) is 10.6. The molecule has 0 saturated carbocycles. The van der Waals surface area contributed by atoms with Gasteiger partial charge in [-0.25, -0.2) is 5.10 Å². The Hall–Kier alpha value is -2.81. The van der Waals surface area contributed by atoms with Gasteiger partial charge in [0.05, 0.1) is 10.0 Å². The number of nitrogens with two attached hydrogens (primary N) is 1. The molecule has 10 heteroatoms. The van der Waals surface area contributed by atoms with Crippen LogP contribution in [0.5, 0.6) is 0 Å². The van der Waals surface area contributed by atoms with Gasteiger partial charge in [0.15, 0.2) is 0 Å². The Kier molecular flexibility index (Phi) is 5.80. The number of ether oxygens (including phenoxy) is 1. The molecule has 0 atom stereocenters. The lowest BCUT2D eigenvalue weighted by molar-refractivity contribution is -0.119. The van der Waals surface area contributed by atoms with E-state index in [-0.39, 0.29) is 18.5 Å². The van der Waals surface area contributed by atoms with E-state index in [4.69, 9.17) is 33.7 Å². The third-order valence-electron chi connectivity index (χ3n) is 3.53. The van der Waals surface area contributed by atoms with Crippen molar-refractivity contribution >= 4 is 52.4 Å². The predicted molar refractivity (Wildman–Crippen MR) is 106 cm³/mol. The van der Waals surface area contributed by atoms with Crippen LogP contribution in [0.3, 0.4) is 0 Å². The SMILES string of the molecule is COCC(=O)Nc1ccc(-c2c(Cl)cc(Nc3n[nH]c(N)n3)cc2Cl)cc1. The summed E-state index contributed by atoms with van der Waals surface area (Å²) >= 11 is 12.8. The maximum Gasteiger partial charge on any atom is 0.250 e. The smallest absolute Gasteiger partial charge is 0.250 e. The van der Waals surface area contributed by atoms with Gasteiger partial charge in [-0.1, -0.05) is 35.3 Å². The average Bonchev–Trinajstić information content (AvgIpc) is 3.01. The zero-order chi connectivity index (χ0) is 19.4. The number of carbonyl (C=O) groups excluding carboxylic acids is 1. The van der Waals surface area contributed by atoms with Crippen molar-refractivity contribution in [3.05, 3.63) is 46.4 Å². The molecule has 3 rings (SSSR count).